The molecule has 4 nitrogen and oxygen atoms in total. The topological polar surface area (TPSA) is 61.7 Å². The summed E-state index contributed by atoms with van der Waals surface area (Å²) in [6, 6.07) is 20.2. The van der Waals surface area contributed by atoms with E-state index in [2.05, 4.69) is 36.5 Å². The summed E-state index contributed by atoms with van der Waals surface area (Å²) >= 11 is 3.22. The van der Waals surface area contributed by atoms with Gasteiger partial charge in [-0.05, 0) is 34.9 Å². The zero-order valence-corrected chi connectivity index (χ0v) is 19.4. The number of carbonyl (C=O) groups is 1. The Labute approximate surface area is 191 Å². The molecular weight excluding hydrogens is 424 g/mol. The number of fused-ring (bicyclic) bond motifs is 1. The van der Waals surface area contributed by atoms with Gasteiger partial charge in [-0.25, -0.2) is 0 Å². The molecule has 1 aliphatic carbocycles. The summed E-state index contributed by atoms with van der Waals surface area (Å²) in [7, 11) is 0. The highest BCUT2D eigenvalue weighted by Crippen LogP contribution is 2.46. The molecule has 0 saturated heterocycles. The number of oxime groups is 1. The number of thiophene rings is 1. The first kappa shape index (κ1) is 21.7. The normalized spacial score (nSPS) is 16.1. The van der Waals surface area contributed by atoms with Crippen molar-refractivity contribution in [3.05, 3.63) is 87.8 Å². The number of thioether (sulfide) groups is 1. The van der Waals surface area contributed by atoms with E-state index in [4.69, 9.17) is 0 Å². The van der Waals surface area contributed by atoms with Gasteiger partial charge in [0.25, 0.3) is 5.91 Å². The summed E-state index contributed by atoms with van der Waals surface area (Å²) in [6.45, 7) is 4.80. The Morgan fingerprint density at radius 1 is 1.06 bits per heavy atom. The van der Waals surface area contributed by atoms with Crippen LogP contribution in [0, 0.1) is 5.41 Å². The maximum atomic E-state index is 13.2. The van der Waals surface area contributed by atoms with Crippen LogP contribution in [0.5, 0.6) is 0 Å². The molecule has 2 aromatic carbocycles. The first-order valence-electron chi connectivity index (χ1n) is 10.3. The summed E-state index contributed by atoms with van der Waals surface area (Å²) in [5.41, 5.74) is 4.88. The molecule has 0 radical (unpaired) electrons. The number of hydrogen-bond acceptors (Lipinski definition) is 5. The van der Waals surface area contributed by atoms with Crippen molar-refractivity contribution in [1.82, 2.24) is 5.32 Å². The average Bonchev–Trinajstić information content (AvgIpc) is 3.14. The van der Waals surface area contributed by atoms with E-state index in [-0.39, 0.29) is 11.3 Å². The molecular formula is C25H26N2O2S2. The Balaban J connectivity index is 1.64. The van der Waals surface area contributed by atoms with Crippen LogP contribution in [0.15, 0.2) is 70.0 Å². The van der Waals surface area contributed by atoms with Crippen LogP contribution >= 0.6 is 23.1 Å². The highest BCUT2D eigenvalue weighted by molar-refractivity contribution is 8.00. The first-order valence-corrected chi connectivity index (χ1v) is 12.1. The van der Waals surface area contributed by atoms with Gasteiger partial charge in [0.1, 0.15) is 0 Å². The van der Waals surface area contributed by atoms with Crippen molar-refractivity contribution in [3.63, 3.8) is 0 Å². The van der Waals surface area contributed by atoms with E-state index < -0.39 is 0 Å². The maximum Gasteiger partial charge on any atom is 0.261 e. The summed E-state index contributed by atoms with van der Waals surface area (Å²) in [5.74, 6) is 0.743. The Kier molecular flexibility index (Phi) is 6.49. The third-order valence-corrected chi connectivity index (χ3v) is 7.97. The lowest BCUT2D eigenvalue weighted by atomic mass is 9.74. The highest BCUT2D eigenvalue weighted by Gasteiger charge is 2.36. The molecule has 160 valence electrons. The summed E-state index contributed by atoms with van der Waals surface area (Å²) in [4.78, 5) is 13.9. The van der Waals surface area contributed by atoms with E-state index >= 15 is 0 Å². The van der Waals surface area contributed by atoms with Gasteiger partial charge in [-0.3, -0.25) is 4.79 Å². The van der Waals surface area contributed by atoms with Crippen molar-refractivity contribution >= 4 is 34.7 Å². The maximum absolute atomic E-state index is 13.2. The van der Waals surface area contributed by atoms with Gasteiger partial charge < -0.3 is 10.5 Å². The molecule has 1 amide bonds. The van der Waals surface area contributed by atoms with E-state index in [1.165, 1.54) is 16.9 Å². The van der Waals surface area contributed by atoms with E-state index in [1.54, 1.807) is 11.8 Å². The second-order valence-corrected chi connectivity index (χ2v) is 10.8. The SMILES string of the molecule is CC1(C)CC(=NO)c2c(SCc3ccccc3)sc(C(=O)NCc3ccccc3)c2C1. The van der Waals surface area contributed by atoms with Crippen LogP contribution in [0.25, 0.3) is 0 Å². The highest BCUT2D eigenvalue weighted by atomic mass is 32.2. The van der Waals surface area contributed by atoms with Gasteiger partial charge in [-0.15, -0.1) is 23.1 Å². The number of nitrogens with zero attached hydrogens (tertiary/aromatic N) is 1. The van der Waals surface area contributed by atoms with Crippen molar-refractivity contribution < 1.29 is 10.0 Å². The molecule has 1 aliphatic rings. The van der Waals surface area contributed by atoms with E-state index in [0.29, 0.717) is 18.7 Å². The molecule has 0 spiro atoms. The zero-order chi connectivity index (χ0) is 21.8. The van der Waals surface area contributed by atoms with Crippen LogP contribution in [0.1, 0.15) is 52.2 Å². The van der Waals surface area contributed by atoms with E-state index in [1.807, 2.05) is 48.5 Å². The summed E-state index contributed by atoms with van der Waals surface area (Å²) in [5, 5.41) is 16.5. The fourth-order valence-corrected chi connectivity index (χ4v) is 6.47. The lowest BCUT2D eigenvalue weighted by Crippen LogP contribution is -2.30. The molecule has 0 atom stereocenters. The first-order chi connectivity index (χ1) is 15.0. The fraction of sp³-hybridized carbons (Fsp3) is 0.280. The van der Waals surface area contributed by atoms with Crippen molar-refractivity contribution in [1.29, 1.82) is 0 Å². The van der Waals surface area contributed by atoms with Gasteiger partial charge in [0.2, 0.25) is 0 Å². The van der Waals surface area contributed by atoms with Crippen LogP contribution in [0.4, 0.5) is 0 Å². The fourth-order valence-electron chi connectivity index (χ4n) is 3.94. The Bertz CT molecular complexity index is 1090. The molecule has 4 rings (SSSR count). The molecule has 0 fully saturated rings. The molecule has 1 heterocycles. The van der Waals surface area contributed by atoms with Gasteiger partial charge in [0.05, 0.1) is 14.8 Å². The smallest absolute Gasteiger partial charge is 0.261 e. The minimum absolute atomic E-state index is 0.0633. The van der Waals surface area contributed by atoms with Crippen molar-refractivity contribution in [2.45, 2.75) is 43.2 Å². The molecule has 0 saturated carbocycles. The van der Waals surface area contributed by atoms with Gasteiger partial charge >= 0.3 is 0 Å². The minimum Gasteiger partial charge on any atom is -0.411 e. The van der Waals surface area contributed by atoms with Gasteiger partial charge in [0, 0.05) is 17.9 Å². The van der Waals surface area contributed by atoms with Crippen LogP contribution < -0.4 is 5.32 Å². The quantitative estimate of drug-likeness (QED) is 0.270. The Morgan fingerprint density at radius 3 is 2.35 bits per heavy atom. The number of benzene rings is 2. The molecule has 0 unspecified atom stereocenters. The Morgan fingerprint density at radius 2 is 1.71 bits per heavy atom. The predicted octanol–water partition coefficient (Wildman–Crippen LogP) is 6.12. The van der Waals surface area contributed by atoms with Gasteiger partial charge in [0.15, 0.2) is 0 Å². The minimum atomic E-state index is -0.0640. The van der Waals surface area contributed by atoms with Crippen LogP contribution in [-0.4, -0.2) is 16.8 Å². The van der Waals surface area contributed by atoms with Crippen molar-refractivity contribution in [3.8, 4) is 0 Å². The third kappa shape index (κ3) is 5.02. The Hall–Kier alpha value is -2.57. The lowest BCUT2D eigenvalue weighted by Gasteiger charge is -2.31. The van der Waals surface area contributed by atoms with E-state index in [0.717, 1.165) is 38.0 Å². The van der Waals surface area contributed by atoms with Crippen molar-refractivity contribution in [2.24, 2.45) is 10.6 Å². The largest absolute Gasteiger partial charge is 0.411 e. The van der Waals surface area contributed by atoms with Crippen molar-refractivity contribution in [2.75, 3.05) is 0 Å². The number of nitrogens with one attached hydrogen (secondary N) is 1. The molecule has 31 heavy (non-hydrogen) atoms. The average molecular weight is 451 g/mol. The second-order valence-electron chi connectivity index (χ2n) is 8.58. The summed E-state index contributed by atoms with van der Waals surface area (Å²) < 4.78 is 1.05. The lowest BCUT2D eigenvalue weighted by molar-refractivity contribution is 0.0953. The van der Waals surface area contributed by atoms with Crippen LogP contribution in [0.2, 0.25) is 0 Å². The predicted molar refractivity (Wildman–Crippen MR) is 128 cm³/mol. The number of carbonyl (C=O) groups excluding carboxylic acids is 1. The van der Waals surface area contributed by atoms with Gasteiger partial charge in [-0.2, -0.15) is 0 Å². The van der Waals surface area contributed by atoms with Gasteiger partial charge in [-0.1, -0.05) is 79.7 Å². The monoisotopic (exact) mass is 450 g/mol. The number of amides is 1. The number of hydrogen-bond donors (Lipinski definition) is 2. The molecule has 6 heteroatoms. The number of rotatable bonds is 6. The van der Waals surface area contributed by atoms with E-state index in [9.17, 15) is 10.0 Å². The molecule has 2 N–H and O–H groups in total. The third-order valence-electron chi connectivity index (χ3n) is 5.40. The molecule has 0 bridgehead atoms. The summed E-state index contributed by atoms with van der Waals surface area (Å²) in [6.07, 6.45) is 1.48. The van der Waals surface area contributed by atoms with Crippen LogP contribution in [0.3, 0.4) is 0 Å². The standard InChI is InChI=1S/C25H26N2O2S2/c1-25(2)13-19-21(20(14-25)27-29)24(30-16-18-11-7-4-8-12-18)31-22(19)23(28)26-15-17-9-5-3-6-10-17/h3-12,29H,13-16H2,1-2H3,(H,26,28). The molecule has 1 aromatic heterocycles. The second kappa shape index (κ2) is 9.28. The zero-order valence-electron chi connectivity index (χ0n) is 17.7. The molecule has 3 aromatic rings. The van der Waals surface area contributed by atoms with Crippen LogP contribution in [-0.2, 0) is 18.7 Å². The molecule has 0 aliphatic heterocycles.